The molecule has 6 rings (SSSR count). The third kappa shape index (κ3) is 3.31. The van der Waals surface area contributed by atoms with Crippen molar-refractivity contribution in [3.63, 3.8) is 0 Å². The van der Waals surface area contributed by atoms with Crippen LogP contribution in [0, 0.1) is 5.82 Å². The average molecular weight is 477 g/mol. The second-order valence-corrected chi connectivity index (χ2v) is 9.00. The largest absolute Gasteiger partial charge is 0.480 e. The predicted molar refractivity (Wildman–Crippen MR) is 128 cm³/mol. The van der Waals surface area contributed by atoms with Gasteiger partial charge in [0.2, 0.25) is 11.1 Å². The molecule has 164 valence electrons. The summed E-state index contributed by atoms with van der Waals surface area (Å²) in [6.45, 7) is 0. The number of rotatable bonds is 3. The second kappa shape index (κ2) is 7.93. The number of fused-ring (bicyclic) bond motifs is 3. The molecule has 4 aromatic rings. The molecule has 0 radical (unpaired) electrons. The van der Waals surface area contributed by atoms with Crippen molar-refractivity contribution in [1.82, 2.24) is 14.8 Å². The third-order valence-electron chi connectivity index (χ3n) is 5.90. The Balaban J connectivity index is 1.67. The van der Waals surface area contributed by atoms with Crippen LogP contribution in [0.25, 0.3) is 5.70 Å². The molecule has 1 N–H and O–H groups in total. The van der Waals surface area contributed by atoms with Gasteiger partial charge in [-0.2, -0.15) is 4.98 Å². The summed E-state index contributed by atoms with van der Waals surface area (Å²) in [5.74, 6) is 0.933. The lowest BCUT2D eigenvalue weighted by Gasteiger charge is -2.39. The quantitative estimate of drug-likeness (QED) is 0.349. The molecule has 0 unspecified atom stereocenters. The van der Waals surface area contributed by atoms with Gasteiger partial charge in [-0.25, -0.2) is 9.07 Å². The second-order valence-electron chi connectivity index (χ2n) is 7.80. The molecule has 0 aliphatic carbocycles. The smallest absolute Gasteiger partial charge is 0.227 e. The van der Waals surface area contributed by atoms with Crippen LogP contribution in [0.3, 0.4) is 0 Å². The zero-order chi connectivity index (χ0) is 22.5. The van der Waals surface area contributed by atoms with Gasteiger partial charge in [0.05, 0.1) is 5.70 Å². The highest BCUT2D eigenvalue weighted by molar-refractivity contribution is 7.98. The zero-order valence-electron chi connectivity index (χ0n) is 17.5. The lowest BCUT2D eigenvalue weighted by atomic mass is 9.84. The van der Waals surface area contributed by atoms with Gasteiger partial charge in [-0.05, 0) is 36.1 Å². The van der Waals surface area contributed by atoms with Crippen LogP contribution in [0.15, 0.2) is 83.5 Å². The molecule has 0 fully saturated rings. The molecule has 0 spiro atoms. The van der Waals surface area contributed by atoms with E-state index in [1.807, 2.05) is 54.8 Å². The SMILES string of the molecule is CSc1nc2n(n1)[C@H](c1ccccc1F)C1=C(N2)c2cc(Cl)ccc2O[C@@H]1c1ccccc1. The van der Waals surface area contributed by atoms with Crippen molar-refractivity contribution in [2.24, 2.45) is 0 Å². The van der Waals surface area contributed by atoms with Crippen molar-refractivity contribution in [3.8, 4) is 5.75 Å². The van der Waals surface area contributed by atoms with E-state index in [9.17, 15) is 0 Å². The van der Waals surface area contributed by atoms with Crippen LogP contribution in [0.5, 0.6) is 5.75 Å². The molecule has 0 saturated heterocycles. The first-order valence-corrected chi connectivity index (χ1v) is 12.0. The summed E-state index contributed by atoms with van der Waals surface area (Å²) in [6.07, 6.45) is 1.46. The highest BCUT2D eigenvalue weighted by Gasteiger charge is 2.42. The molecule has 0 bridgehead atoms. The summed E-state index contributed by atoms with van der Waals surface area (Å²) in [5, 5.41) is 9.32. The number of ether oxygens (including phenoxy) is 1. The van der Waals surface area contributed by atoms with E-state index in [0.717, 1.165) is 22.4 Å². The van der Waals surface area contributed by atoms with Crippen molar-refractivity contribution in [3.05, 3.63) is 106 Å². The molecule has 5 nitrogen and oxygen atoms in total. The van der Waals surface area contributed by atoms with Gasteiger partial charge in [0, 0.05) is 21.7 Å². The predicted octanol–water partition coefficient (Wildman–Crippen LogP) is 6.35. The Bertz CT molecular complexity index is 1400. The van der Waals surface area contributed by atoms with E-state index in [1.165, 1.54) is 17.8 Å². The van der Waals surface area contributed by atoms with E-state index in [-0.39, 0.29) is 5.82 Å². The van der Waals surface area contributed by atoms with Gasteiger partial charge in [-0.3, -0.25) is 0 Å². The van der Waals surface area contributed by atoms with Crippen molar-refractivity contribution < 1.29 is 9.13 Å². The van der Waals surface area contributed by atoms with Crippen LogP contribution in [0.4, 0.5) is 10.3 Å². The van der Waals surface area contributed by atoms with Crippen molar-refractivity contribution >= 4 is 35.0 Å². The summed E-state index contributed by atoms with van der Waals surface area (Å²) in [7, 11) is 0. The van der Waals surface area contributed by atoms with Crippen LogP contribution in [-0.4, -0.2) is 21.0 Å². The maximum absolute atomic E-state index is 15.2. The van der Waals surface area contributed by atoms with Gasteiger partial charge >= 0.3 is 0 Å². The Kier molecular flexibility index (Phi) is 4.89. The van der Waals surface area contributed by atoms with Gasteiger partial charge in [-0.15, -0.1) is 5.10 Å². The Morgan fingerprint density at radius 3 is 2.64 bits per heavy atom. The van der Waals surface area contributed by atoms with Crippen LogP contribution in [0.1, 0.15) is 28.8 Å². The lowest BCUT2D eigenvalue weighted by Crippen LogP contribution is -2.32. The highest BCUT2D eigenvalue weighted by atomic mass is 35.5. The molecule has 2 atom stereocenters. The summed E-state index contributed by atoms with van der Waals surface area (Å²) < 4.78 is 23.5. The van der Waals surface area contributed by atoms with Crippen molar-refractivity contribution in [2.75, 3.05) is 11.6 Å². The number of anilines is 1. The molecular weight excluding hydrogens is 459 g/mol. The van der Waals surface area contributed by atoms with E-state index in [0.29, 0.717) is 27.4 Å². The van der Waals surface area contributed by atoms with Crippen molar-refractivity contribution in [1.29, 1.82) is 0 Å². The van der Waals surface area contributed by atoms with E-state index < -0.39 is 12.1 Å². The number of nitrogens with one attached hydrogen (secondary N) is 1. The van der Waals surface area contributed by atoms with Crippen LogP contribution in [0.2, 0.25) is 5.02 Å². The zero-order valence-corrected chi connectivity index (χ0v) is 19.1. The summed E-state index contributed by atoms with van der Waals surface area (Å²) >= 11 is 7.80. The first-order valence-electron chi connectivity index (χ1n) is 10.4. The number of hydrogen-bond acceptors (Lipinski definition) is 5. The standard InChI is InChI=1S/C25H18ClFN4OS/c1-33-25-29-24-28-21-17-13-15(26)11-12-19(17)32-23(14-7-3-2-4-8-14)20(21)22(31(24)30-25)16-9-5-6-10-18(16)27/h2-13,22-23H,1H3,(H,28,29,30)/t22-,23-/m1/s1. The number of thioether (sulfide) groups is 1. The fraction of sp³-hybridized carbons (Fsp3) is 0.120. The first kappa shape index (κ1) is 20.3. The number of hydrogen-bond donors (Lipinski definition) is 1. The average Bonchev–Trinajstić information content (AvgIpc) is 3.26. The maximum Gasteiger partial charge on any atom is 0.227 e. The molecule has 3 heterocycles. The molecular formula is C25H18ClFN4OS. The fourth-order valence-electron chi connectivity index (χ4n) is 4.47. The minimum absolute atomic E-state index is 0.313. The van der Waals surface area contributed by atoms with Gasteiger partial charge < -0.3 is 10.1 Å². The molecule has 33 heavy (non-hydrogen) atoms. The normalized spacial score (nSPS) is 18.6. The van der Waals surface area contributed by atoms with Crippen molar-refractivity contribution in [2.45, 2.75) is 17.3 Å². The van der Waals surface area contributed by atoms with E-state index in [1.54, 1.807) is 22.9 Å². The summed E-state index contributed by atoms with van der Waals surface area (Å²) in [6, 6.07) is 21.7. The maximum atomic E-state index is 15.2. The number of nitrogens with zero attached hydrogens (tertiary/aromatic N) is 3. The molecule has 3 aromatic carbocycles. The molecule has 1 aromatic heterocycles. The number of aromatic nitrogens is 3. The fourth-order valence-corrected chi connectivity index (χ4v) is 4.99. The Morgan fingerprint density at radius 1 is 1.06 bits per heavy atom. The molecule has 0 amide bonds. The summed E-state index contributed by atoms with van der Waals surface area (Å²) in [5.41, 5.74) is 3.94. The van der Waals surface area contributed by atoms with E-state index in [2.05, 4.69) is 15.4 Å². The van der Waals surface area contributed by atoms with Gasteiger partial charge in [0.25, 0.3) is 0 Å². The Hall–Kier alpha value is -3.29. The minimum Gasteiger partial charge on any atom is -0.480 e. The van der Waals surface area contributed by atoms with Gasteiger partial charge in [-0.1, -0.05) is 71.9 Å². The topological polar surface area (TPSA) is 52.0 Å². The van der Waals surface area contributed by atoms with Crippen LogP contribution < -0.4 is 10.1 Å². The van der Waals surface area contributed by atoms with E-state index in [4.69, 9.17) is 16.3 Å². The highest BCUT2D eigenvalue weighted by Crippen LogP contribution is 2.51. The monoisotopic (exact) mass is 476 g/mol. The first-order chi connectivity index (χ1) is 16.1. The van der Waals surface area contributed by atoms with Gasteiger partial charge in [0.15, 0.2) is 0 Å². The lowest BCUT2D eigenvalue weighted by molar-refractivity contribution is 0.222. The molecule has 2 aliphatic rings. The number of halogens is 2. The Morgan fingerprint density at radius 2 is 1.85 bits per heavy atom. The Labute approximate surface area is 199 Å². The van der Waals surface area contributed by atoms with Crippen LogP contribution >= 0.6 is 23.4 Å². The summed E-state index contributed by atoms with van der Waals surface area (Å²) in [4.78, 5) is 4.63. The minimum atomic E-state index is -0.553. The number of benzene rings is 3. The van der Waals surface area contributed by atoms with Crippen LogP contribution in [-0.2, 0) is 0 Å². The molecule has 2 aliphatic heterocycles. The third-order valence-corrected chi connectivity index (χ3v) is 6.67. The van der Waals surface area contributed by atoms with Gasteiger partial charge in [0.1, 0.15) is 23.7 Å². The molecule has 0 saturated carbocycles. The molecule has 8 heteroatoms. The van der Waals surface area contributed by atoms with E-state index >= 15 is 4.39 Å².